The van der Waals surface area contributed by atoms with Crippen LogP contribution in [0.2, 0.25) is 0 Å². The number of amides is 2. The molecule has 1 spiro atoms. The van der Waals surface area contributed by atoms with Crippen molar-refractivity contribution in [2.75, 3.05) is 25.0 Å². The maximum atomic E-state index is 11.3. The van der Waals surface area contributed by atoms with E-state index in [1.165, 1.54) is 5.56 Å². The average molecular weight is 258 g/mol. The predicted molar refractivity (Wildman–Crippen MR) is 71.8 cm³/mol. The zero-order valence-corrected chi connectivity index (χ0v) is 10.8. The molecule has 1 saturated heterocycles. The summed E-state index contributed by atoms with van der Waals surface area (Å²) in [4.78, 5) is 17.5. The summed E-state index contributed by atoms with van der Waals surface area (Å²) in [6.45, 7) is 2.65. The first-order valence-corrected chi connectivity index (χ1v) is 6.92. The monoisotopic (exact) mass is 258 g/mol. The van der Waals surface area contributed by atoms with Crippen LogP contribution in [0.4, 0.5) is 10.6 Å². The molecule has 1 aromatic rings. The van der Waals surface area contributed by atoms with Crippen molar-refractivity contribution < 1.29 is 4.79 Å². The number of carbonyl (C=O) groups excluding carboxylic acids is 1. The lowest BCUT2D eigenvalue weighted by Crippen LogP contribution is -2.36. The van der Waals surface area contributed by atoms with Crippen molar-refractivity contribution in [2.45, 2.75) is 18.3 Å². The molecule has 0 radical (unpaired) electrons. The van der Waals surface area contributed by atoms with Gasteiger partial charge in [0.1, 0.15) is 5.82 Å². The lowest BCUT2D eigenvalue weighted by molar-refractivity contribution is 0.212. The highest BCUT2D eigenvalue weighted by atomic mass is 16.2. The smallest absolute Gasteiger partial charge is 0.314 e. The predicted octanol–water partition coefficient (Wildman–Crippen LogP) is 1.17. The molecule has 4 rings (SSSR count). The summed E-state index contributed by atoms with van der Waals surface area (Å²) in [7, 11) is 0. The number of pyridine rings is 1. The van der Waals surface area contributed by atoms with Crippen LogP contribution in [0.5, 0.6) is 0 Å². The standard InChI is InChI=1S/C14H18N4O/c15-13(19)18-6-9-4-14(5-10(9)7-18)8-17-12-11(14)2-1-3-16-12/h1-3,9-10H,4-8H2,(H2,15,19)(H,16,17). The number of likely N-dealkylation sites (tertiary alicyclic amines) is 1. The van der Waals surface area contributed by atoms with Gasteiger partial charge in [-0.1, -0.05) is 6.07 Å². The summed E-state index contributed by atoms with van der Waals surface area (Å²) in [5.74, 6) is 2.25. The van der Waals surface area contributed by atoms with Gasteiger partial charge in [-0.15, -0.1) is 0 Å². The third-order valence-corrected chi connectivity index (χ3v) is 5.17. The highest BCUT2D eigenvalue weighted by Gasteiger charge is 2.53. The number of hydrogen-bond acceptors (Lipinski definition) is 3. The van der Waals surface area contributed by atoms with Crippen molar-refractivity contribution in [3.05, 3.63) is 23.9 Å². The van der Waals surface area contributed by atoms with Crippen LogP contribution in [0.1, 0.15) is 18.4 Å². The summed E-state index contributed by atoms with van der Waals surface area (Å²) in [6.07, 6.45) is 4.13. The molecule has 3 aliphatic rings. The largest absolute Gasteiger partial charge is 0.369 e. The SMILES string of the molecule is NC(=O)N1CC2CC3(CNc4ncccc43)CC2C1. The van der Waals surface area contributed by atoms with Gasteiger partial charge in [0.25, 0.3) is 0 Å². The number of nitrogens with zero attached hydrogens (tertiary/aromatic N) is 2. The maximum absolute atomic E-state index is 11.3. The van der Waals surface area contributed by atoms with Crippen LogP contribution in [-0.2, 0) is 5.41 Å². The zero-order valence-electron chi connectivity index (χ0n) is 10.8. The second kappa shape index (κ2) is 3.62. The number of fused-ring (bicyclic) bond motifs is 3. The molecule has 19 heavy (non-hydrogen) atoms. The molecule has 2 fully saturated rings. The third-order valence-electron chi connectivity index (χ3n) is 5.17. The Kier molecular flexibility index (Phi) is 2.11. The van der Waals surface area contributed by atoms with Gasteiger partial charge in [-0.05, 0) is 30.7 Å². The number of urea groups is 1. The second-order valence-corrected chi connectivity index (χ2v) is 6.21. The molecule has 5 heteroatoms. The van der Waals surface area contributed by atoms with Gasteiger partial charge in [0.15, 0.2) is 0 Å². The second-order valence-electron chi connectivity index (χ2n) is 6.21. The van der Waals surface area contributed by atoms with Gasteiger partial charge in [-0.2, -0.15) is 0 Å². The Bertz CT molecular complexity index is 530. The topological polar surface area (TPSA) is 71.2 Å². The number of anilines is 1. The van der Waals surface area contributed by atoms with Crippen LogP contribution in [0, 0.1) is 11.8 Å². The molecule has 0 bridgehead atoms. The third kappa shape index (κ3) is 1.47. The Morgan fingerprint density at radius 1 is 1.42 bits per heavy atom. The van der Waals surface area contributed by atoms with Gasteiger partial charge in [0.2, 0.25) is 0 Å². The molecule has 100 valence electrons. The van der Waals surface area contributed by atoms with Gasteiger partial charge in [-0.25, -0.2) is 9.78 Å². The zero-order chi connectivity index (χ0) is 13.0. The fraction of sp³-hybridized carbons (Fsp3) is 0.571. The summed E-state index contributed by atoms with van der Waals surface area (Å²) in [5.41, 5.74) is 7.00. The molecular weight excluding hydrogens is 240 g/mol. The Hall–Kier alpha value is -1.78. The maximum Gasteiger partial charge on any atom is 0.314 e. The highest BCUT2D eigenvalue weighted by Crippen LogP contribution is 2.53. The van der Waals surface area contributed by atoms with Gasteiger partial charge < -0.3 is 16.0 Å². The Morgan fingerprint density at radius 2 is 2.16 bits per heavy atom. The molecule has 2 amide bonds. The molecule has 1 aromatic heterocycles. The van der Waals surface area contributed by atoms with Crippen molar-refractivity contribution in [1.29, 1.82) is 0 Å². The number of nitrogens with two attached hydrogens (primary N) is 1. The van der Waals surface area contributed by atoms with Crippen LogP contribution in [0.25, 0.3) is 0 Å². The van der Waals surface area contributed by atoms with Crippen LogP contribution >= 0.6 is 0 Å². The van der Waals surface area contributed by atoms with Gasteiger partial charge in [0, 0.05) is 36.8 Å². The molecule has 2 aliphatic heterocycles. The molecule has 3 N–H and O–H groups in total. The van der Waals surface area contributed by atoms with Crippen LogP contribution in [-0.4, -0.2) is 35.5 Å². The van der Waals surface area contributed by atoms with Crippen molar-refractivity contribution >= 4 is 11.8 Å². The minimum absolute atomic E-state index is 0.239. The number of nitrogens with one attached hydrogen (secondary N) is 1. The van der Waals surface area contributed by atoms with E-state index in [0.29, 0.717) is 11.8 Å². The number of carbonyl (C=O) groups is 1. The number of aromatic nitrogens is 1. The minimum Gasteiger partial charge on any atom is -0.369 e. The summed E-state index contributed by atoms with van der Waals surface area (Å²) in [5, 5.41) is 3.44. The minimum atomic E-state index is -0.268. The fourth-order valence-corrected chi connectivity index (χ4v) is 4.35. The Morgan fingerprint density at radius 3 is 2.84 bits per heavy atom. The lowest BCUT2D eigenvalue weighted by Gasteiger charge is -2.26. The Balaban J connectivity index is 1.61. The molecule has 0 aromatic carbocycles. The number of primary amides is 1. The first kappa shape index (κ1) is 11.1. The quantitative estimate of drug-likeness (QED) is 0.733. The van der Waals surface area contributed by atoms with Gasteiger partial charge in [-0.3, -0.25) is 0 Å². The van der Waals surface area contributed by atoms with E-state index in [1.54, 1.807) is 4.90 Å². The van der Waals surface area contributed by atoms with Crippen molar-refractivity contribution in [2.24, 2.45) is 17.6 Å². The van der Waals surface area contributed by atoms with Crippen LogP contribution in [0.15, 0.2) is 18.3 Å². The number of hydrogen-bond donors (Lipinski definition) is 2. The number of rotatable bonds is 0. The highest BCUT2D eigenvalue weighted by molar-refractivity contribution is 5.72. The van der Waals surface area contributed by atoms with E-state index in [1.807, 2.05) is 12.3 Å². The van der Waals surface area contributed by atoms with E-state index >= 15 is 0 Å². The summed E-state index contributed by atoms with van der Waals surface area (Å²) in [6, 6.07) is 3.96. The molecule has 2 atom stereocenters. The Labute approximate surface area is 112 Å². The van der Waals surface area contributed by atoms with Crippen LogP contribution < -0.4 is 11.1 Å². The van der Waals surface area contributed by atoms with Crippen LogP contribution in [0.3, 0.4) is 0 Å². The van der Waals surface area contributed by atoms with Crippen molar-refractivity contribution in [1.82, 2.24) is 9.88 Å². The van der Waals surface area contributed by atoms with E-state index in [0.717, 1.165) is 38.3 Å². The first-order chi connectivity index (χ1) is 9.18. The van der Waals surface area contributed by atoms with Gasteiger partial charge in [0.05, 0.1) is 0 Å². The molecule has 5 nitrogen and oxygen atoms in total. The van der Waals surface area contributed by atoms with E-state index in [4.69, 9.17) is 5.73 Å². The first-order valence-electron chi connectivity index (χ1n) is 6.92. The molecule has 2 unspecified atom stereocenters. The van der Waals surface area contributed by atoms with Gasteiger partial charge >= 0.3 is 6.03 Å². The molecular formula is C14H18N4O. The molecule has 1 saturated carbocycles. The van der Waals surface area contributed by atoms with E-state index in [9.17, 15) is 4.79 Å². The molecule has 1 aliphatic carbocycles. The summed E-state index contributed by atoms with van der Waals surface area (Å²) >= 11 is 0. The average Bonchev–Trinajstić information content (AvgIpc) is 3.03. The van der Waals surface area contributed by atoms with Crippen molar-refractivity contribution in [3.63, 3.8) is 0 Å². The molecule has 3 heterocycles. The lowest BCUT2D eigenvalue weighted by atomic mass is 9.80. The van der Waals surface area contributed by atoms with E-state index < -0.39 is 0 Å². The van der Waals surface area contributed by atoms with E-state index in [-0.39, 0.29) is 11.4 Å². The normalized spacial score (nSPS) is 35.3. The van der Waals surface area contributed by atoms with Crippen molar-refractivity contribution in [3.8, 4) is 0 Å². The summed E-state index contributed by atoms with van der Waals surface area (Å²) < 4.78 is 0. The van der Waals surface area contributed by atoms with E-state index in [2.05, 4.69) is 16.4 Å². The fourth-order valence-electron chi connectivity index (χ4n) is 4.35.